The van der Waals surface area contributed by atoms with Gasteiger partial charge < -0.3 is 0 Å². The second kappa shape index (κ2) is 11.6. The van der Waals surface area contributed by atoms with Crippen LogP contribution in [0.2, 0.25) is 0 Å². The molecule has 3 aromatic carbocycles. The number of nitrogens with zero attached hydrogens (tertiary/aromatic N) is 10. The molecular formula is C36H7FN10. The average Bonchev–Trinajstić information content (AvgIpc) is 3.62. The van der Waals surface area contributed by atoms with Crippen LogP contribution in [0.25, 0.3) is 57.8 Å². The van der Waals surface area contributed by atoms with Crippen LogP contribution in [0.4, 0.5) is 15.8 Å². The Labute approximate surface area is 266 Å². The van der Waals surface area contributed by atoms with Gasteiger partial charge in [-0.1, -0.05) is 24.3 Å². The minimum Gasteiger partial charge on any atom is -0.250 e. The molecule has 10 nitrogen and oxygen atoms in total. The van der Waals surface area contributed by atoms with Crippen LogP contribution in [0, 0.1) is 95.3 Å². The summed E-state index contributed by atoms with van der Waals surface area (Å²) >= 11 is 0. The molecule has 5 rings (SSSR count). The molecule has 3 aromatic rings. The molecule has 0 amide bonds. The molecule has 0 aliphatic heterocycles. The van der Waals surface area contributed by atoms with Gasteiger partial charge in [0.25, 0.3) is 11.4 Å². The Kier molecular flexibility index (Phi) is 7.40. The quantitative estimate of drug-likeness (QED) is 0.216. The van der Waals surface area contributed by atoms with Crippen LogP contribution in [0.3, 0.4) is 0 Å². The van der Waals surface area contributed by atoms with E-state index in [1.165, 1.54) is 42.5 Å². The third kappa shape index (κ3) is 4.23. The summed E-state index contributed by atoms with van der Waals surface area (Å²) in [5.74, 6) is -1.10. The minimum atomic E-state index is -1.10. The predicted molar refractivity (Wildman–Crippen MR) is 165 cm³/mol. The van der Waals surface area contributed by atoms with Crippen molar-refractivity contribution in [3.05, 3.63) is 161 Å². The van der Waals surface area contributed by atoms with Gasteiger partial charge in [0.2, 0.25) is 5.70 Å². The molecule has 0 atom stereocenters. The summed E-state index contributed by atoms with van der Waals surface area (Å²) in [6, 6.07) is 18.6. The molecule has 2 aliphatic rings. The lowest BCUT2D eigenvalue weighted by Crippen LogP contribution is -1.99. The molecule has 0 fully saturated rings. The van der Waals surface area contributed by atoms with Gasteiger partial charge in [0.1, 0.15) is 24.0 Å². The van der Waals surface area contributed by atoms with E-state index in [4.69, 9.17) is 32.9 Å². The van der Waals surface area contributed by atoms with E-state index >= 15 is 4.39 Å². The average molecular weight is 599 g/mol. The van der Waals surface area contributed by atoms with Crippen molar-refractivity contribution < 1.29 is 4.39 Å². The van der Waals surface area contributed by atoms with Crippen molar-refractivity contribution in [2.75, 3.05) is 0 Å². The molecule has 2 aliphatic carbocycles. The largest absolute Gasteiger partial charge is 0.270 e. The van der Waals surface area contributed by atoms with Gasteiger partial charge in [-0.2, -0.15) is 15.8 Å². The summed E-state index contributed by atoms with van der Waals surface area (Å²) in [4.78, 5) is 16.8. The van der Waals surface area contributed by atoms with Crippen molar-refractivity contribution in [1.82, 2.24) is 0 Å². The van der Waals surface area contributed by atoms with Crippen molar-refractivity contribution in [1.29, 1.82) is 26.3 Å². The highest BCUT2D eigenvalue weighted by molar-refractivity contribution is 6.29. The van der Waals surface area contributed by atoms with Crippen LogP contribution in [0.5, 0.6) is 0 Å². The first-order valence-corrected chi connectivity index (χ1v) is 12.8. The molecule has 0 unspecified atom stereocenters. The fourth-order valence-electron chi connectivity index (χ4n) is 5.59. The van der Waals surface area contributed by atoms with Gasteiger partial charge in [-0.15, -0.1) is 0 Å². The van der Waals surface area contributed by atoms with E-state index in [1.807, 2.05) is 18.2 Å². The van der Waals surface area contributed by atoms with Gasteiger partial charge in [0.05, 0.1) is 61.7 Å². The molecule has 0 saturated heterocycles. The van der Waals surface area contributed by atoms with E-state index in [1.54, 1.807) is 12.1 Å². The standard InChI is InChI=1S/C36H7FN10/c1-43-25-9-8-19(11-26(25)44-2)30-33(28(17-42)46-4)23-12-22-31(35(37)34(23)36(30)47-5)24(15-40)29(32(22)27(16-41)45-3)18-6-7-20(13-38)21(10-18)14-39/h6-12H/b32-27+,33-28-. The van der Waals surface area contributed by atoms with Crippen LogP contribution >= 0.6 is 0 Å². The summed E-state index contributed by atoms with van der Waals surface area (Å²) in [6.45, 7) is 38.3. The predicted octanol–water partition coefficient (Wildman–Crippen LogP) is 8.23. The third-order valence-electron chi connectivity index (χ3n) is 7.47. The molecule has 0 saturated carbocycles. The Morgan fingerprint density at radius 1 is 0.596 bits per heavy atom. The first-order chi connectivity index (χ1) is 22.8. The van der Waals surface area contributed by atoms with Gasteiger partial charge >= 0.3 is 0 Å². The summed E-state index contributed by atoms with van der Waals surface area (Å²) in [6.07, 6.45) is 0. The smallest absolute Gasteiger partial charge is 0.250 e. The molecule has 47 heavy (non-hydrogen) atoms. The molecule has 11 heteroatoms. The summed E-state index contributed by atoms with van der Waals surface area (Å²) in [5, 5.41) is 49.3. The Balaban J connectivity index is 1.99. The molecule has 0 N–H and O–H groups in total. The lowest BCUT2D eigenvalue weighted by molar-refractivity contribution is 0.620. The van der Waals surface area contributed by atoms with Crippen LogP contribution in [-0.2, 0) is 0 Å². The number of rotatable bonds is 2. The van der Waals surface area contributed by atoms with E-state index < -0.39 is 17.2 Å². The van der Waals surface area contributed by atoms with E-state index in [0.717, 1.165) is 0 Å². The number of nitriles is 5. The topological polar surface area (TPSA) is 141 Å². The lowest BCUT2D eigenvalue weighted by Gasteiger charge is -2.14. The molecule has 0 bridgehead atoms. The fraction of sp³-hybridized carbons (Fsp3) is 0. The lowest BCUT2D eigenvalue weighted by atomic mass is 9.90. The maximum absolute atomic E-state index is 17.0. The zero-order valence-electron chi connectivity index (χ0n) is 23.4. The number of allylic oxidation sites excluding steroid dienone is 7. The third-order valence-corrected chi connectivity index (χ3v) is 7.47. The maximum atomic E-state index is 17.0. The van der Waals surface area contributed by atoms with Crippen molar-refractivity contribution >= 4 is 44.9 Å². The van der Waals surface area contributed by atoms with Crippen molar-refractivity contribution in [2.24, 2.45) is 0 Å². The second-order valence-electron chi connectivity index (χ2n) is 9.54. The zero-order valence-corrected chi connectivity index (χ0v) is 23.4. The number of hydrogen-bond acceptors (Lipinski definition) is 5. The van der Waals surface area contributed by atoms with Crippen LogP contribution < -0.4 is 0 Å². The Morgan fingerprint density at radius 3 is 1.70 bits per heavy atom. The Hall–Kier alpha value is -8.55. The maximum Gasteiger partial charge on any atom is 0.270 e. The normalized spacial score (nSPS) is 14.2. The monoisotopic (exact) mass is 598 g/mol. The van der Waals surface area contributed by atoms with E-state index in [2.05, 4.69) is 24.2 Å². The molecule has 0 spiro atoms. The number of halogens is 1. The molecule has 0 heterocycles. The fourth-order valence-corrected chi connectivity index (χ4v) is 5.59. The highest BCUT2D eigenvalue weighted by Crippen LogP contribution is 2.56. The summed E-state index contributed by atoms with van der Waals surface area (Å²) in [7, 11) is 0. The molecule has 0 aromatic heterocycles. The zero-order chi connectivity index (χ0) is 34.0. The Bertz CT molecular complexity index is 2420. The summed E-state index contributed by atoms with van der Waals surface area (Å²) < 4.78 is 17.0. The first kappa shape index (κ1) is 29.9. The SMILES string of the molecule is [C-]#[N+]C1=C(c2ccc([N+]#[C-])c([N+]#[C-])c2)/C(=C(/C#N)[N+]#[C-])c2cc3c(c(F)c21)C(C#N)=C(c1ccc(C#N)c(C#N)c1)/C3=C(\C#N)[N+]#[C-]. The van der Waals surface area contributed by atoms with Gasteiger partial charge in [-0.05, 0) is 57.2 Å². The van der Waals surface area contributed by atoms with E-state index in [0.29, 0.717) is 0 Å². The van der Waals surface area contributed by atoms with Crippen molar-refractivity contribution in [3.63, 3.8) is 0 Å². The molecule has 0 radical (unpaired) electrons. The second-order valence-corrected chi connectivity index (χ2v) is 9.54. The molecule has 208 valence electrons. The van der Waals surface area contributed by atoms with Crippen molar-refractivity contribution in [2.45, 2.75) is 0 Å². The van der Waals surface area contributed by atoms with Crippen LogP contribution in [0.1, 0.15) is 44.5 Å². The van der Waals surface area contributed by atoms with Gasteiger partial charge in [0, 0.05) is 16.7 Å². The highest BCUT2D eigenvalue weighted by Gasteiger charge is 2.40. The van der Waals surface area contributed by atoms with Crippen molar-refractivity contribution in [3.8, 4) is 30.3 Å². The van der Waals surface area contributed by atoms with Gasteiger partial charge in [-0.3, -0.25) is 9.69 Å². The van der Waals surface area contributed by atoms with E-state index in [9.17, 15) is 26.3 Å². The highest BCUT2D eigenvalue weighted by atomic mass is 19.1. The number of fused-ring (bicyclic) bond motifs is 2. The van der Waals surface area contributed by atoms with Gasteiger partial charge in [0.15, 0.2) is 11.4 Å². The van der Waals surface area contributed by atoms with E-state index in [-0.39, 0.29) is 89.4 Å². The Morgan fingerprint density at radius 2 is 1.17 bits per heavy atom. The van der Waals surface area contributed by atoms with Gasteiger partial charge in [-0.25, -0.2) is 29.4 Å². The minimum absolute atomic E-state index is 0.0160. The number of benzene rings is 3. The van der Waals surface area contributed by atoms with Crippen LogP contribution in [-0.4, -0.2) is 0 Å². The summed E-state index contributed by atoms with van der Waals surface area (Å²) in [5.41, 5.74) is -2.78. The first-order valence-electron chi connectivity index (χ1n) is 12.8. The molecular weight excluding hydrogens is 591 g/mol. The van der Waals surface area contributed by atoms with Crippen LogP contribution in [0.15, 0.2) is 53.9 Å². The number of hydrogen-bond donors (Lipinski definition) is 0.